The maximum absolute atomic E-state index is 12.5. The number of ether oxygens (including phenoxy) is 1. The highest BCUT2D eigenvalue weighted by atomic mass is 35.5. The van der Waals surface area contributed by atoms with Gasteiger partial charge in [-0.05, 0) is 54.7 Å². The molecule has 0 spiro atoms. The Morgan fingerprint density at radius 3 is 2.59 bits per heavy atom. The molecule has 0 aliphatic heterocycles. The number of hydrogen-bond donors (Lipinski definition) is 1. The van der Waals surface area contributed by atoms with Gasteiger partial charge in [0.05, 0.1) is 12.8 Å². The van der Waals surface area contributed by atoms with E-state index in [4.69, 9.17) is 16.3 Å². The van der Waals surface area contributed by atoms with Crippen LogP contribution in [0.2, 0.25) is 0 Å². The van der Waals surface area contributed by atoms with Crippen LogP contribution in [-0.4, -0.2) is 23.9 Å². The first-order chi connectivity index (χ1) is 14.1. The van der Waals surface area contributed by atoms with E-state index in [1.165, 1.54) is 16.9 Å². The highest BCUT2D eigenvalue weighted by Crippen LogP contribution is 2.33. The summed E-state index contributed by atoms with van der Waals surface area (Å²) in [4.78, 5) is 17.1. The van der Waals surface area contributed by atoms with Crippen molar-refractivity contribution in [2.24, 2.45) is 0 Å². The summed E-state index contributed by atoms with van der Waals surface area (Å²) in [6, 6.07) is 13.7. The lowest BCUT2D eigenvalue weighted by Crippen LogP contribution is -2.11. The molecule has 152 valence electrons. The first-order valence-corrected chi connectivity index (χ1v) is 11.1. The highest BCUT2D eigenvalue weighted by Gasteiger charge is 2.13. The van der Waals surface area contributed by atoms with Crippen molar-refractivity contribution >= 4 is 34.0 Å². The second kappa shape index (κ2) is 10.4. The van der Waals surface area contributed by atoms with E-state index in [9.17, 15) is 4.79 Å². The fraction of sp³-hybridized carbons (Fsp3) is 0.304. The predicted molar refractivity (Wildman–Crippen MR) is 122 cm³/mol. The molecule has 1 aromatic heterocycles. The summed E-state index contributed by atoms with van der Waals surface area (Å²) < 4.78 is 5.52. The molecule has 3 aromatic rings. The minimum atomic E-state index is -0.174. The van der Waals surface area contributed by atoms with E-state index in [0.29, 0.717) is 16.6 Å². The van der Waals surface area contributed by atoms with Crippen molar-refractivity contribution in [3.05, 3.63) is 64.5 Å². The lowest BCUT2D eigenvalue weighted by Gasteiger charge is -2.09. The van der Waals surface area contributed by atoms with Gasteiger partial charge in [0, 0.05) is 22.4 Å². The summed E-state index contributed by atoms with van der Waals surface area (Å²) in [6.07, 6.45) is 4.12. The molecule has 6 heteroatoms. The molecule has 3 rings (SSSR count). The van der Waals surface area contributed by atoms with Gasteiger partial charge in [-0.1, -0.05) is 31.5 Å². The molecular weight excluding hydrogens is 404 g/mol. The number of unbranched alkanes of at least 4 members (excludes halogenated alkanes) is 1. The van der Waals surface area contributed by atoms with Gasteiger partial charge in [-0.2, -0.15) is 0 Å². The van der Waals surface area contributed by atoms with E-state index in [1.54, 1.807) is 7.11 Å². The van der Waals surface area contributed by atoms with Gasteiger partial charge in [-0.25, -0.2) is 4.98 Å². The van der Waals surface area contributed by atoms with Gasteiger partial charge < -0.3 is 4.74 Å². The van der Waals surface area contributed by atoms with E-state index in [0.717, 1.165) is 48.3 Å². The molecule has 0 aliphatic carbocycles. The largest absolute Gasteiger partial charge is 0.496 e. The van der Waals surface area contributed by atoms with Crippen LogP contribution in [0.3, 0.4) is 0 Å². The molecule has 1 heterocycles. The molecule has 0 fully saturated rings. The van der Waals surface area contributed by atoms with Crippen molar-refractivity contribution in [1.29, 1.82) is 0 Å². The van der Waals surface area contributed by atoms with Gasteiger partial charge in [0.1, 0.15) is 5.75 Å². The quantitative estimate of drug-likeness (QED) is 0.413. The smallest absolute Gasteiger partial charge is 0.257 e. The lowest BCUT2D eigenvalue weighted by atomic mass is 10.0. The Labute approximate surface area is 180 Å². The van der Waals surface area contributed by atoms with Crippen molar-refractivity contribution in [2.75, 3.05) is 18.3 Å². The van der Waals surface area contributed by atoms with Gasteiger partial charge in [0.25, 0.3) is 5.91 Å². The SMILES string of the molecule is CCCCc1ccc(OC)c(-c2csc(NC(=O)c3ccc(CCCl)cc3)n2)c1. The first kappa shape index (κ1) is 21.3. The number of nitrogens with one attached hydrogen (secondary N) is 1. The molecule has 0 radical (unpaired) electrons. The minimum absolute atomic E-state index is 0.174. The van der Waals surface area contributed by atoms with Crippen molar-refractivity contribution in [3.8, 4) is 17.0 Å². The van der Waals surface area contributed by atoms with Crippen LogP contribution in [0, 0.1) is 0 Å². The number of nitrogens with zero attached hydrogens (tertiary/aromatic N) is 1. The number of thiazole rings is 1. The zero-order valence-electron chi connectivity index (χ0n) is 16.7. The summed E-state index contributed by atoms with van der Waals surface area (Å²) in [5.41, 5.74) is 4.72. The molecule has 1 amide bonds. The zero-order chi connectivity index (χ0) is 20.6. The Morgan fingerprint density at radius 2 is 1.90 bits per heavy atom. The van der Waals surface area contributed by atoms with Crippen LogP contribution in [0.15, 0.2) is 47.8 Å². The molecule has 0 unspecified atom stereocenters. The minimum Gasteiger partial charge on any atom is -0.496 e. The van der Waals surface area contributed by atoms with Crippen LogP contribution in [-0.2, 0) is 12.8 Å². The van der Waals surface area contributed by atoms with Gasteiger partial charge >= 0.3 is 0 Å². The molecule has 0 atom stereocenters. The van der Waals surface area contributed by atoms with Gasteiger partial charge in [-0.3, -0.25) is 10.1 Å². The summed E-state index contributed by atoms with van der Waals surface area (Å²) in [5, 5.41) is 5.40. The van der Waals surface area contributed by atoms with Crippen LogP contribution < -0.4 is 10.1 Å². The molecule has 29 heavy (non-hydrogen) atoms. The maximum Gasteiger partial charge on any atom is 0.257 e. The van der Waals surface area contributed by atoms with E-state index in [-0.39, 0.29) is 5.91 Å². The van der Waals surface area contributed by atoms with Crippen LogP contribution in [0.4, 0.5) is 5.13 Å². The number of amides is 1. The third kappa shape index (κ3) is 5.58. The average Bonchev–Trinajstić information content (AvgIpc) is 3.21. The number of aromatic nitrogens is 1. The summed E-state index contributed by atoms with van der Waals surface area (Å²) in [6.45, 7) is 2.19. The van der Waals surface area contributed by atoms with Gasteiger partial charge in [-0.15, -0.1) is 22.9 Å². The van der Waals surface area contributed by atoms with Gasteiger partial charge in [0.2, 0.25) is 0 Å². The number of halogens is 1. The van der Waals surface area contributed by atoms with Crippen LogP contribution in [0.25, 0.3) is 11.3 Å². The molecule has 0 saturated carbocycles. The van der Waals surface area contributed by atoms with E-state index in [1.807, 2.05) is 35.7 Å². The normalized spacial score (nSPS) is 10.7. The summed E-state index contributed by atoms with van der Waals surface area (Å²) in [7, 11) is 1.66. The van der Waals surface area contributed by atoms with Gasteiger partial charge in [0.15, 0.2) is 5.13 Å². The molecule has 0 saturated heterocycles. The van der Waals surface area contributed by atoms with Crippen molar-refractivity contribution in [3.63, 3.8) is 0 Å². The van der Waals surface area contributed by atoms with Crippen molar-refractivity contribution in [1.82, 2.24) is 4.98 Å². The number of methoxy groups -OCH3 is 1. The fourth-order valence-electron chi connectivity index (χ4n) is 3.05. The number of carbonyl (C=O) groups excluding carboxylic acids is 1. The third-order valence-corrected chi connectivity index (χ3v) is 5.63. The fourth-order valence-corrected chi connectivity index (χ4v) is 3.97. The Balaban J connectivity index is 1.75. The number of aryl methyl sites for hydroxylation is 2. The van der Waals surface area contributed by atoms with E-state index >= 15 is 0 Å². The summed E-state index contributed by atoms with van der Waals surface area (Å²) >= 11 is 7.17. The van der Waals surface area contributed by atoms with Crippen LogP contribution >= 0.6 is 22.9 Å². The molecule has 4 nitrogen and oxygen atoms in total. The number of alkyl halides is 1. The Hall–Kier alpha value is -2.37. The van der Waals surface area contributed by atoms with Crippen molar-refractivity contribution < 1.29 is 9.53 Å². The molecule has 1 N–H and O–H groups in total. The third-order valence-electron chi connectivity index (χ3n) is 4.68. The number of anilines is 1. The Morgan fingerprint density at radius 1 is 1.14 bits per heavy atom. The monoisotopic (exact) mass is 428 g/mol. The topological polar surface area (TPSA) is 51.2 Å². The average molecular weight is 429 g/mol. The van der Waals surface area contributed by atoms with Crippen LogP contribution in [0.1, 0.15) is 41.3 Å². The van der Waals surface area contributed by atoms with Crippen molar-refractivity contribution in [2.45, 2.75) is 32.6 Å². The molecule has 0 aliphatic rings. The number of benzene rings is 2. The highest BCUT2D eigenvalue weighted by molar-refractivity contribution is 7.14. The Kier molecular flexibility index (Phi) is 7.67. The first-order valence-electron chi connectivity index (χ1n) is 9.73. The number of rotatable bonds is 9. The second-order valence-electron chi connectivity index (χ2n) is 6.77. The maximum atomic E-state index is 12.5. The second-order valence-corrected chi connectivity index (χ2v) is 8.00. The van der Waals surface area contributed by atoms with E-state index in [2.05, 4.69) is 29.4 Å². The predicted octanol–water partition coefficient (Wildman–Crippen LogP) is 6.19. The lowest BCUT2D eigenvalue weighted by molar-refractivity contribution is 0.102. The summed E-state index contributed by atoms with van der Waals surface area (Å²) in [5.74, 6) is 1.17. The number of carbonyl (C=O) groups is 1. The van der Waals surface area contributed by atoms with E-state index < -0.39 is 0 Å². The molecule has 2 aromatic carbocycles. The number of hydrogen-bond acceptors (Lipinski definition) is 4. The molecule has 0 bridgehead atoms. The van der Waals surface area contributed by atoms with Crippen LogP contribution in [0.5, 0.6) is 5.75 Å². The molecular formula is C23H25ClN2O2S. The Bertz CT molecular complexity index is 954. The zero-order valence-corrected chi connectivity index (χ0v) is 18.3. The standard InChI is InChI=1S/C23H25ClN2O2S/c1-3-4-5-17-8-11-21(28-2)19(14-17)20-15-29-23(25-20)26-22(27)18-9-6-16(7-10-18)12-13-24/h6-11,14-15H,3-5,12-13H2,1-2H3,(H,25,26,27).